The Kier molecular flexibility index (Phi) is 4.21. The lowest BCUT2D eigenvalue weighted by Crippen LogP contribution is -2.26. The molecule has 0 amide bonds. The summed E-state index contributed by atoms with van der Waals surface area (Å²) >= 11 is 13.7. The van der Waals surface area contributed by atoms with Gasteiger partial charge >= 0.3 is 0 Å². The summed E-state index contributed by atoms with van der Waals surface area (Å²) in [6.45, 7) is 6.31. The highest BCUT2D eigenvalue weighted by atomic mass is 35.5. The number of nitrogens with two attached hydrogens (primary N) is 1. The lowest BCUT2D eigenvalue weighted by Gasteiger charge is -2.24. The number of aromatic nitrogens is 1. The fourth-order valence-corrected chi connectivity index (χ4v) is 3.07. The Labute approximate surface area is 127 Å². The lowest BCUT2D eigenvalue weighted by atomic mass is 9.88. The summed E-state index contributed by atoms with van der Waals surface area (Å²) in [5.74, 6) is 0. The maximum atomic E-state index is 6.22. The van der Waals surface area contributed by atoms with Crippen LogP contribution in [-0.4, -0.2) is 4.98 Å². The number of thiazole rings is 1. The molecule has 0 aliphatic rings. The molecule has 1 heterocycles. The Hall–Kier alpha value is -0.610. The predicted octanol–water partition coefficient (Wildman–Crippen LogP) is 5.16. The van der Waals surface area contributed by atoms with E-state index in [9.17, 15) is 0 Å². The van der Waals surface area contributed by atoms with Crippen molar-refractivity contribution in [3.05, 3.63) is 38.6 Å². The molecule has 19 heavy (non-hydrogen) atoms. The topological polar surface area (TPSA) is 38.9 Å². The van der Waals surface area contributed by atoms with Crippen molar-refractivity contribution in [2.75, 3.05) is 0 Å². The molecule has 5 heteroatoms. The van der Waals surface area contributed by atoms with Crippen molar-refractivity contribution >= 4 is 34.5 Å². The summed E-state index contributed by atoms with van der Waals surface area (Å²) in [4.78, 5) is 4.60. The molecular weight excluding hydrogens is 299 g/mol. The zero-order valence-electron chi connectivity index (χ0n) is 11.1. The third-order valence-corrected chi connectivity index (χ3v) is 4.42. The van der Waals surface area contributed by atoms with Gasteiger partial charge in [-0.1, -0.05) is 44.0 Å². The third kappa shape index (κ3) is 3.29. The zero-order valence-corrected chi connectivity index (χ0v) is 13.4. The maximum absolute atomic E-state index is 6.22. The molecule has 2 nitrogen and oxygen atoms in total. The molecule has 1 atom stereocenters. The summed E-state index contributed by atoms with van der Waals surface area (Å²) < 4.78 is 0. The Morgan fingerprint density at radius 2 is 1.95 bits per heavy atom. The minimum atomic E-state index is -0.0933. The number of benzene rings is 1. The van der Waals surface area contributed by atoms with Crippen LogP contribution in [0.2, 0.25) is 10.0 Å². The van der Waals surface area contributed by atoms with Crippen molar-refractivity contribution in [3.8, 4) is 11.3 Å². The van der Waals surface area contributed by atoms with E-state index >= 15 is 0 Å². The fraction of sp³-hybridized carbons (Fsp3) is 0.357. The molecule has 0 bridgehead atoms. The molecule has 1 aromatic heterocycles. The Morgan fingerprint density at radius 3 is 2.58 bits per heavy atom. The Balaban J connectivity index is 2.39. The van der Waals surface area contributed by atoms with E-state index in [0.717, 1.165) is 16.3 Å². The lowest BCUT2D eigenvalue weighted by molar-refractivity contribution is 0.326. The van der Waals surface area contributed by atoms with Crippen molar-refractivity contribution < 1.29 is 0 Å². The standard InChI is InChI=1S/C14H16Cl2N2S/c1-14(2,3)12(17)13-18-11(7-19-13)9-6-8(15)4-5-10(9)16/h4-7,12H,17H2,1-3H3. The van der Waals surface area contributed by atoms with Crippen LogP contribution in [0, 0.1) is 5.41 Å². The number of halogens is 2. The molecule has 2 aromatic rings. The van der Waals surface area contributed by atoms with Gasteiger partial charge in [-0.25, -0.2) is 4.98 Å². The third-order valence-electron chi connectivity index (χ3n) is 2.93. The minimum Gasteiger partial charge on any atom is -0.322 e. The molecule has 0 radical (unpaired) electrons. The van der Waals surface area contributed by atoms with E-state index in [1.165, 1.54) is 0 Å². The van der Waals surface area contributed by atoms with E-state index in [0.29, 0.717) is 10.0 Å². The van der Waals surface area contributed by atoms with Gasteiger partial charge in [-0.15, -0.1) is 11.3 Å². The highest BCUT2D eigenvalue weighted by molar-refractivity contribution is 7.10. The minimum absolute atomic E-state index is 0.0206. The SMILES string of the molecule is CC(C)(C)C(N)c1nc(-c2cc(Cl)ccc2Cl)cs1. The van der Waals surface area contributed by atoms with Crippen molar-refractivity contribution in [2.45, 2.75) is 26.8 Å². The van der Waals surface area contributed by atoms with Crippen molar-refractivity contribution in [2.24, 2.45) is 11.1 Å². The maximum Gasteiger partial charge on any atom is 0.111 e. The fourth-order valence-electron chi connectivity index (χ4n) is 1.62. The van der Waals surface area contributed by atoms with Crippen molar-refractivity contribution in [1.29, 1.82) is 0 Å². The average Bonchev–Trinajstić information content (AvgIpc) is 2.79. The van der Waals surface area contributed by atoms with Gasteiger partial charge in [-0.05, 0) is 23.6 Å². The van der Waals surface area contributed by atoms with E-state index < -0.39 is 0 Å². The highest BCUT2D eigenvalue weighted by Crippen LogP contribution is 2.36. The zero-order chi connectivity index (χ0) is 14.2. The van der Waals surface area contributed by atoms with Gasteiger partial charge in [-0.2, -0.15) is 0 Å². The van der Waals surface area contributed by atoms with E-state index in [4.69, 9.17) is 28.9 Å². The first-order valence-electron chi connectivity index (χ1n) is 5.95. The Morgan fingerprint density at radius 1 is 1.26 bits per heavy atom. The smallest absolute Gasteiger partial charge is 0.111 e. The van der Waals surface area contributed by atoms with Crippen LogP contribution in [0.25, 0.3) is 11.3 Å². The van der Waals surface area contributed by atoms with Crippen molar-refractivity contribution in [1.82, 2.24) is 4.98 Å². The van der Waals surface area contributed by atoms with Crippen LogP contribution in [0.5, 0.6) is 0 Å². The second-order valence-corrected chi connectivity index (χ2v) is 7.27. The van der Waals surface area contributed by atoms with E-state index in [-0.39, 0.29) is 11.5 Å². The van der Waals surface area contributed by atoms with Crippen LogP contribution in [0.3, 0.4) is 0 Å². The molecule has 1 aromatic carbocycles. The van der Waals surface area contributed by atoms with Gasteiger partial charge < -0.3 is 5.73 Å². The van der Waals surface area contributed by atoms with Gasteiger partial charge in [0.25, 0.3) is 0 Å². The van der Waals surface area contributed by atoms with E-state index in [2.05, 4.69) is 25.8 Å². The van der Waals surface area contributed by atoms with E-state index in [1.807, 2.05) is 11.4 Å². The molecule has 2 rings (SSSR count). The van der Waals surface area contributed by atoms with Gasteiger partial charge in [0, 0.05) is 16.0 Å². The highest BCUT2D eigenvalue weighted by Gasteiger charge is 2.25. The first kappa shape index (κ1) is 14.8. The summed E-state index contributed by atoms with van der Waals surface area (Å²) in [7, 11) is 0. The molecule has 2 N–H and O–H groups in total. The Bertz CT molecular complexity index is 587. The van der Waals surface area contributed by atoms with Gasteiger partial charge in [0.1, 0.15) is 5.01 Å². The number of hydrogen-bond acceptors (Lipinski definition) is 3. The molecule has 102 valence electrons. The number of hydrogen-bond donors (Lipinski definition) is 1. The number of nitrogens with zero attached hydrogens (tertiary/aromatic N) is 1. The normalized spacial score (nSPS) is 13.6. The van der Waals surface area contributed by atoms with Crippen LogP contribution >= 0.6 is 34.5 Å². The van der Waals surface area contributed by atoms with Crippen LogP contribution in [0.1, 0.15) is 31.8 Å². The summed E-state index contributed by atoms with van der Waals surface area (Å²) in [5, 5.41) is 4.18. The van der Waals surface area contributed by atoms with Gasteiger partial charge in [0.2, 0.25) is 0 Å². The first-order chi connectivity index (χ1) is 8.79. The second kappa shape index (κ2) is 5.41. The molecule has 0 fully saturated rings. The molecule has 0 saturated carbocycles. The molecule has 0 aliphatic heterocycles. The summed E-state index contributed by atoms with van der Waals surface area (Å²) in [5.41, 5.74) is 7.87. The molecule has 0 aliphatic carbocycles. The van der Waals surface area contributed by atoms with Gasteiger partial charge in [0.05, 0.1) is 16.8 Å². The quantitative estimate of drug-likeness (QED) is 0.831. The molecule has 0 saturated heterocycles. The van der Waals surface area contributed by atoms with Crippen LogP contribution in [0.4, 0.5) is 0 Å². The van der Waals surface area contributed by atoms with Gasteiger partial charge in [-0.3, -0.25) is 0 Å². The summed E-state index contributed by atoms with van der Waals surface area (Å²) in [6.07, 6.45) is 0. The first-order valence-corrected chi connectivity index (χ1v) is 7.59. The van der Waals surface area contributed by atoms with Crippen LogP contribution in [-0.2, 0) is 0 Å². The monoisotopic (exact) mass is 314 g/mol. The van der Waals surface area contributed by atoms with E-state index in [1.54, 1.807) is 23.5 Å². The van der Waals surface area contributed by atoms with Gasteiger partial charge in [0.15, 0.2) is 0 Å². The molecular formula is C14H16Cl2N2S. The van der Waals surface area contributed by atoms with Crippen LogP contribution < -0.4 is 5.73 Å². The second-order valence-electron chi connectivity index (χ2n) is 5.54. The average molecular weight is 315 g/mol. The van der Waals surface area contributed by atoms with Crippen molar-refractivity contribution in [3.63, 3.8) is 0 Å². The van der Waals surface area contributed by atoms with Crippen LogP contribution in [0.15, 0.2) is 23.6 Å². The number of rotatable bonds is 2. The summed E-state index contributed by atoms with van der Waals surface area (Å²) in [6, 6.07) is 5.28. The largest absolute Gasteiger partial charge is 0.322 e. The molecule has 0 spiro atoms. The molecule has 1 unspecified atom stereocenters. The predicted molar refractivity (Wildman–Crippen MR) is 84.0 cm³/mol.